The van der Waals surface area contributed by atoms with Gasteiger partial charge in [0, 0.05) is 18.7 Å². The van der Waals surface area contributed by atoms with Gasteiger partial charge in [0.15, 0.2) is 17.2 Å². The summed E-state index contributed by atoms with van der Waals surface area (Å²) in [5.41, 5.74) is 4.54. The van der Waals surface area contributed by atoms with E-state index in [0.29, 0.717) is 65.4 Å². The molecule has 1 saturated heterocycles. The van der Waals surface area contributed by atoms with Crippen LogP contribution in [0.1, 0.15) is 16.7 Å². The van der Waals surface area contributed by atoms with Crippen molar-refractivity contribution in [1.82, 2.24) is 14.6 Å². The van der Waals surface area contributed by atoms with Crippen molar-refractivity contribution in [3.63, 3.8) is 0 Å². The maximum Gasteiger partial charge on any atom is 0.316 e. The normalized spacial score (nSPS) is 13.9. The van der Waals surface area contributed by atoms with Gasteiger partial charge in [0.25, 0.3) is 0 Å². The molecule has 226 valence electrons. The van der Waals surface area contributed by atoms with Crippen LogP contribution in [0, 0.1) is 25.2 Å². The number of aryl methyl sites for hydroxylation is 2. The van der Waals surface area contributed by atoms with E-state index in [1.54, 1.807) is 12.1 Å². The Kier molecular flexibility index (Phi) is 8.96. The number of H-pyrrole nitrogens is 1. The van der Waals surface area contributed by atoms with Crippen LogP contribution in [-0.4, -0.2) is 45.1 Å². The highest BCUT2D eigenvalue weighted by Crippen LogP contribution is 2.38. The number of hydrogen-bond acceptors (Lipinski definition) is 9. The molecular formula is C30H27ClN6O5S2. The minimum Gasteiger partial charge on any atom is -0.385 e. The standard InChI is InChI=1S/C30H27ClN6O5S2/c1-19-8-9-20(2)26(16-19)41-44(38)35-24-17-21(10-11-25(24)36-12-14-39-15-13-36)29-33-30-23(18-32)27(28(31)37(30)34-29)43-42-40-22-6-4-3-5-7-22/h3-11,16-17,35H,12-15H2,1-2H3,(H,33,34). The number of hydrogen-bond donors (Lipinski definition) is 2. The van der Waals surface area contributed by atoms with Crippen LogP contribution in [0.4, 0.5) is 11.4 Å². The summed E-state index contributed by atoms with van der Waals surface area (Å²) in [4.78, 5) is 12.5. The number of anilines is 2. The maximum atomic E-state index is 13.2. The molecule has 14 heteroatoms. The Morgan fingerprint density at radius 3 is 2.68 bits per heavy atom. The topological polar surface area (TPSA) is 126 Å². The lowest BCUT2D eigenvalue weighted by atomic mass is 10.1. The molecular weight excluding hydrogens is 624 g/mol. The Balaban J connectivity index is 1.28. The van der Waals surface area contributed by atoms with Crippen molar-refractivity contribution in [3.8, 4) is 29.0 Å². The molecule has 1 aliphatic heterocycles. The van der Waals surface area contributed by atoms with E-state index in [2.05, 4.69) is 25.8 Å². The fourth-order valence-electron chi connectivity index (χ4n) is 4.66. The first-order chi connectivity index (χ1) is 21.4. The lowest BCUT2D eigenvalue weighted by Crippen LogP contribution is -2.36. The number of halogens is 1. The van der Waals surface area contributed by atoms with Crippen LogP contribution in [0.15, 0.2) is 71.6 Å². The molecule has 44 heavy (non-hydrogen) atoms. The van der Waals surface area contributed by atoms with Gasteiger partial charge in [-0.25, -0.2) is 9.50 Å². The molecule has 0 amide bonds. The first-order valence-electron chi connectivity index (χ1n) is 13.6. The molecule has 0 spiro atoms. The third-order valence-corrected chi connectivity index (χ3v) is 8.80. The predicted molar refractivity (Wildman–Crippen MR) is 170 cm³/mol. The fourth-order valence-corrected chi connectivity index (χ4v) is 6.26. The van der Waals surface area contributed by atoms with Gasteiger partial charge in [0.05, 0.1) is 41.5 Å². The molecule has 1 atom stereocenters. The average Bonchev–Trinajstić information content (AvgIpc) is 3.58. The van der Waals surface area contributed by atoms with E-state index < -0.39 is 11.3 Å². The van der Waals surface area contributed by atoms with E-state index in [1.165, 1.54) is 4.52 Å². The zero-order valence-corrected chi connectivity index (χ0v) is 26.1. The number of para-hydroxylation sites is 1. The second-order valence-electron chi connectivity index (χ2n) is 9.91. The van der Waals surface area contributed by atoms with E-state index in [1.807, 2.05) is 68.4 Å². The summed E-state index contributed by atoms with van der Waals surface area (Å²) in [6.07, 6.45) is 0. The van der Waals surface area contributed by atoms with Gasteiger partial charge >= 0.3 is 11.3 Å². The number of nitriles is 1. The Bertz CT molecular complexity index is 1870. The van der Waals surface area contributed by atoms with Gasteiger partial charge in [0.2, 0.25) is 0 Å². The zero-order valence-electron chi connectivity index (χ0n) is 23.7. The van der Waals surface area contributed by atoms with Crippen LogP contribution >= 0.6 is 23.6 Å². The first kappa shape index (κ1) is 29.9. The Morgan fingerprint density at radius 2 is 1.91 bits per heavy atom. The minimum absolute atomic E-state index is 0.211. The van der Waals surface area contributed by atoms with Gasteiger partial charge in [-0.1, -0.05) is 41.9 Å². The predicted octanol–water partition coefficient (Wildman–Crippen LogP) is 6.40. The van der Waals surface area contributed by atoms with E-state index in [9.17, 15) is 9.47 Å². The molecule has 6 rings (SSSR count). The Morgan fingerprint density at radius 1 is 1.11 bits per heavy atom. The average molecular weight is 651 g/mol. The first-order valence-corrected chi connectivity index (χ1v) is 15.8. The lowest BCUT2D eigenvalue weighted by Gasteiger charge is -2.30. The van der Waals surface area contributed by atoms with Crippen LogP contribution in [0.5, 0.6) is 11.5 Å². The number of aromatic nitrogens is 3. The fraction of sp³-hybridized carbons (Fsp3) is 0.200. The number of benzene rings is 3. The molecule has 2 aromatic heterocycles. The van der Waals surface area contributed by atoms with Gasteiger partial charge in [-0.05, 0) is 61.4 Å². The van der Waals surface area contributed by atoms with E-state index in [4.69, 9.17) is 29.7 Å². The molecule has 0 aliphatic carbocycles. The van der Waals surface area contributed by atoms with Crippen molar-refractivity contribution < 1.29 is 22.4 Å². The second-order valence-corrected chi connectivity index (χ2v) is 11.8. The Labute approximate surface area is 265 Å². The summed E-state index contributed by atoms with van der Waals surface area (Å²) in [7, 11) is 0. The van der Waals surface area contributed by atoms with Crippen LogP contribution in [0.25, 0.3) is 17.0 Å². The molecule has 1 unspecified atom stereocenters. The van der Waals surface area contributed by atoms with Gasteiger partial charge in [-0.3, -0.25) is 9.82 Å². The minimum atomic E-state index is -1.89. The van der Waals surface area contributed by atoms with Gasteiger partial charge < -0.3 is 18.7 Å². The van der Waals surface area contributed by atoms with Gasteiger partial charge in [0.1, 0.15) is 22.5 Å². The number of aromatic amines is 1. The number of nitrogens with zero attached hydrogens (tertiary/aromatic N) is 4. The number of ether oxygens (including phenoxy) is 1. The van der Waals surface area contributed by atoms with Crippen molar-refractivity contribution in [2.75, 3.05) is 35.9 Å². The monoisotopic (exact) mass is 650 g/mol. The number of rotatable bonds is 10. The second kappa shape index (κ2) is 13.2. The third-order valence-electron chi connectivity index (χ3n) is 6.91. The van der Waals surface area contributed by atoms with Gasteiger partial charge in [-0.15, -0.1) is 4.33 Å². The van der Waals surface area contributed by atoms with Crippen LogP contribution in [0.3, 0.4) is 0 Å². The number of fused-ring (bicyclic) bond motifs is 1. The largest absolute Gasteiger partial charge is 0.385 e. The SMILES string of the molecule is Cc1ccc(C)c(OS(=O)Nc2cc(-c3nc4c(C#N)c(SOOc5ccccc5)c(Cl)n4[nH]3)ccc2N2CCOCC2)c1. The highest BCUT2D eigenvalue weighted by molar-refractivity contribution is 7.94. The highest BCUT2D eigenvalue weighted by atomic mass is 35.5. The van der Waals surface area contributed by atoms with Crippen molar-refractivity contribution in [1.29, 1.82) is 5.26 Å². The molecule has 2 N–H and O–H groups in total. The summed E-state index contributed by atoms with van der Waals surface area (Å²) in [6, 6.07) is 22.5. The molecule has 0 saturated carbocycles. The smallest absolute Gasteiger partial charge is 0.316 e. The lowest BCUT2D eigenvalue weighted by molar-refractivity contribution is -0.0777. The van der Waals surface area contributed by atoms with Crippen molar-refractivity contribution in [2.24, 2.45) is 0 Å². The molecule has 1 fully saturated rings. The molecule has 0 bridgehead atoms. The third kappa shape index (κ3) is 6.35. The molecule has 1 aliphatic rings. The van der Waals surface area contributed by atoms with E-state index in [-0.39, 0.29) is 10.7 Å². The molecule has 3 aromatic carbocycles. The summed E-state index contributed by atoms with van der Waals surface area (Å²) in [6.45, 7) is 6.39. The summed E-state index contributed by atoms with van der Waals surface area (Å²) >= 11 is 5.58. The summed E-state index contributed by atoms with van der Waals surface area (Å²) in [5.74, 6) is 1.49. The van der Waals surface area contributed by atoms with E-state index >= 15 is 0 Å². The van der Waals surface area contributed by atoms with Crippen molar-refractivity contribution in [2.45, 2.75) is 18.7 Å². The zero-order chi connectivity index (χ0) is 30.6. The van der Waals surface area contributed by atoms with Crippen LogP contribution < -0.4 is 18.7 Å². The molecule has 0 radical (unpaired) electrons. The summed E-state index contributed by atoms with van der Waals surface area (Å²) in [5, 5.41) is 13.3. The number of morpholine rings is 1. The van der Waals surface area contributed by atoms with Crippen molar-refractivity contribution in [3.05, 3.63) is 88.6 Å². The maximum absolute atomic E-state index is 13.2. The van der Waals surface area contributed by atoms with E-state index in [0.717, 1.165) is 28.9 Å². The van der Waals surface area contributed by atoms with Crippen LogP contribution in [-0.2, 0) is 20.3 Å². The molecule has 11 nitrogen and oxygen atoms in total. The Hall–Kier alpha value is -4.19. The molecule has 3 heterocycles. The summed E-state index contributed by atoms with van der Waals surface area (Å²) < 4.78 is 34.3. The molecule has 5 aromatic rings. The highest BCUT2D eigenvalue weighted by Gasteiger charge is 2.24. The van der Waals surface area contributed by atoms with Crippen molar-refractivity contribution >= 4 is 51.9 Å². The quantitative estimate of drug-likeness (QED) is 0.100. The van der Waals surface area contributed by atoms with Gasteiger partial charge in [-0.2, -0.15) is 9.47 Å². The number of nitrogens with one attached hydrogen (secondary N) is 2. The van der Waals surface area contributed by atoms with Crippen LogP contribution in [0.2, 0.25) is 5.15 Å².